The van der Waals surface area contributed by atoms with E-state index in [1.54, 1.807) is 0 Å². The molecule has 0 amide bonds. The Morgan fingerprint density at radius 3 is 1.44 bits per heavy atom. The molecule has 0 aliphatic rings. The second kappa shape index (κ2) is 40.8. The van der Waals surface area contributed by atoms with Gasteiger partial charge in [-0.2, -0.15) is 0 Å². The van der Waals surface area contributed by atoms with Crippen LogP contribution in [0.2, 0.25) is 0 Å². The molecule has 2 atom stereocenters. The molecule has 0 aromatic rings. The number of allylic oxidation sites excluding steroid dienone is 14. The molecule has 0 aliphatic carbocycles. The van der Waals surface area contributed by atoms with Crippen molar-refractivity contribution < 1.29 is 37.6 Å². The number of rotatable bonds is 38. The first-order valence-electron chi connectivity index (χ1n) is 21.1. The van der Waals surface area contributed by atoms with Gasteiger partial charge < -0.3 is 20.1 Å². The maximum atomic E-state index is 12.6. The number of carbonyl (C=O) groups excluding carboxylic acids is 2. The molecule has 9 nitrogen and oxygen atoms in total. The molecule has 0 aromatic heterocycles. The summed E-state index contributed by atoms with van der Waals surface area (Å²) in [6, 6.07) is 0. The molecule has 3 N–H and O–H groups in total. The third-order valence-electron chi connectivity index (χ3n) is 8.25. The zero-order chi connectivity index (χ0) is 40.3. The Balaban J connectivity index is 4.34. The Hall–Kier alpha value is -2.81. The number of hydrogen-bond acceptors (Lipinski definition) is 8. The molecule has 0 saturated carbocycles. The normalized spacial score (nSPS) is 14.2. The van der Waals surface area contributed by atoms with Crippen LogP contribution in [0.25, 0.3) is 0 Å². The van der Waals surface area contributed by atoms with Crippen molar-refractivity contribution in [3.63, 3.8) is 0 Å². The van der Waals surface area contributed by atoms with E-state index in [4.69, 9.17) is 24.3 Å². The molecule has 314 valence electrons. The first-order valence-corrected chi connectivity index (χ1v) is 22.6. The van der Waals surface area contributed by atoms with Gasteiger partial charge in [0, 0.05) is 19.4 Å². The molecule has 0 fully saturated rings. The molecule has 0 rings (SSSR count). The quantitative estimate of drug-likeness (QED) is 0.0271. The molecule has 0 aromatic carbocycles. The molecule has 10 heteroatoms. The van der Waals surface area contributed by atoms with Gasteiger partial charge in [-0.15, -0.1) is 0 Å². The second-order valence-electron chi connectivity index (χ2n) is 13.5. The van der Waals surface area contributed by atoms with Crippen LogP contribution in [0.3, 0.4) is 0 Å². The Labute approximate surface area is 334 Å². The molecule has 0 saturated heterocycles. The van der Waals surface area contributed by atoms with Gasteiger partial charge in [-0.25, -0.2) is 4.57 Å². The van der Waals surface area contributed by atoms with Crippen molar-refractivity contribution in [3.8, 4) is 0 Å². The van der Waals surface area contributed by atoms with E-state index in [0.717, 1.165) is 64.2 Å². The summed E-state index contributed by atoms with van der Waals surface area (Å²) in [5, 5.41) is 0. The van der Waals surface area contributed by atoms with Gasteiger partial charge in [-0.1, -0.05) is 137 Å². The third-order valence-corrected chi connectivity index (χ3v) is 9.24. The Morgan fingerprint density at radius 2 is 0.964 bits per heavy atom. The fraction of sp³-hybridized carbons (Fsp3) is 0.644. The first kappa shape index (κ1) is 52.2. The van der Waals surface area contributed by atoms with Gasteiger partial charge in [-0.3, -0.25) is 18.6 Å². The largest absolute Gasteiger partial charge is 0.472 e. The van der Waals surface area contributed by atoms with Crippen LogP contribution in [0.15, 0.2) is 85.1 Å². The standard InChI is InChI=1S/C45H76NO8P/c1-3-5-7-9-11-13-15-17-19-21-23-25-27-29-31-33-35-37-44(47)51-41-43(42-53-55(49,50)52-40-39-46)54-45(48)38-36-34-32-30-28-26-24-22-20-18-16-14-12-10-8-6-4-2/h11-14,17-20,23-26,29,31,43H,3-10,15-16,21-22,27-28,30,32-42,46H2,1-2H3,(H,49,50)/t43-/m1/s1. The van der Waals surface area contributed by atoms with Crippen LogP contribution in [0.1, 0.15) is 155 Å². The highest BCUT2D eigenvalue weighted by molar-refractivity contribution is 7.47. The molecule has 0 radical (unpaired) electrons. The Kier molecular flexibility index (Phi) is 38.8. The smallest absolute Gasteiger partial charge is 0.462 e. The number of phosphoric acid groups is 1. The fourth-order valence-corrected chi connectivity index (χ4v) is 5.87. The van der Waals surface area contributed by atoms with Crippen LogP contribution in [0.4, 0.5) is 0 Å². The van der Waals surface area contributed by atoms with Crippen LogP contribution in [-0.2, 0) is 32.7 Å². The lowest BCUT2D eigenvalue weighted by Crippen LogP contribution is -2.29. The average Bonchev–Trinajstić information content (AvgIpc) is 3.17. The summed E-state index contributed by atoms with van der Waals surface area (Å²) < 4.78 is 32.7. The maximum Gasteiger partial charge on any atom is 0.472 e. The van der Waals surface area contributed by atoms with Gasteiger partial charge in [0.25, 0.3) is 0 Å². The lowest BCUT2D eigenvalue weighted by molar-refractivity contribution is -0.161. The van der Waals surface area contributed by atoms with Crippen molar-refractivity contribution >= 4 is 19.8 Å². The van der Waals surface area contributed by atoms with E-state index in [2.05, 4.69) is 92.8 Å². The van der Waals surface area contributed by atoms with Crippen LogP contribution in [-0.4, -0.2) is 49.3 Å². The molecule has 1 unspecified atom stereocenters. The predicted octanol–water partition coefficient (Wildman–Crippen LogP) is 12.0. The van der Waals surface area contributed by atoms with Crippen molar-refractivity contribution in [3.05, 3.63) is 85.1 Å². The lowest BCUT2D eigenvalue weighted by atomic mass is 10.1. The number of carbonyl (C=O) groups is 2. The van der Waals surface area contributed by atoms with E-state index in [1.807, 2.05) is 6.08 Å². The number of hydrogen-bond donors (Lipinski definition) is 2. The topological polar surface area (TPSA) is 134 Å². The number of ether oxygens (including phenoxy) is 2. The lowest BCUT2D eigenvalue weighted by Gasteiger charge is -2.19. The minimum Gasteiger partial charge on any atom is -0.462 e. The molecular weight excluding hydrogens is 713 g/mol. The highest BCUT2D eigenvalue weighted by Crippen LogP contribution is 2.43. The summed E-state index contributed by atoms with van der Waals surface area (Å²) in [6.07, 6.45) is 50.4. The van der Waals surface area contributed by atoms with Crippen molar-refractivity contribution in [1.82, 2.24) is 0 Å². The number of unbranched alkanes of at least 4 members (excludes halogenated alkanes) is 11. The van der Waals surface area contributed by atoms with Gasteiger partial charge >= 0.3 is 19.8 Å². The van der Waals surface area contributed by atoms with Crippen LogP contribution in [0.5, 0.6) is 0 Å². The summed E-state index contributed by atoms with van der Waals surface area (Å²) in [5.74, 6) is -0.929. The van der Waals surface area contributed by atoms with Crippen molar-refractivity contribution in [2.45, 2.75) is 161 Å². The SMILES string of the molecule is CCCCCC=CCC=CCC=CCC=CCCCC(=O)OC[C@H](COP(=O)(O)OCCN)OC(=O)CCCCCCC=CCC=CCC=CCCCCC. The number of esters is 2. The fourth-order valence-electron chi connectivity index (χ4n) is 5.10. The number of phosphoric ester groups is 1. The van der Waals surface area contributed by atoms with Crippen LogP contribution in [0, 0.1) is 0 Å². The molecule has 55 heavy (non-hydrogen) atoms. The van der Waals surface area contributed by atoms with E-state index in [9.17, 15) is 19.0 Å². The van der Waals surface area contributed by atoms with Gasteiger partial charge in [0.1, 0.15) is 6.61 Å². The summed E-state index contributed by atoms with van der Waals surface area (Å²) in [6.45, 7) is 3.56. The molecular formula is C45H76NO8P. The summed E-state index contributed by atoms with van der Waals surface area (Å²) >= 11 is 0. The van der Waals surface area contributed by atoms with E-state index in [-0.39, 0.29) is 32.6 Å². The summed E-state index contributed by atoms with van der Waals surface area (Å²) in [4.78, 5) is 34.8. The van der Waals surface area contributed by atoms with Gasteiger partial charge in [0.2, 0.25) is 0 Å². The van der Waals surface area contributed by atoms with Crippen LogP contribution < -0.4 is 5.73 Å². The summed E-state index contributed by atoms with van der Waals surface area (Å²) in [5.41, 5.74) is 5.34. The van der Waals surface area contributed by atoms with Crippen molar-refractivity contribution in [1.29, 1.82) is 0 Å². The van der Waals surface area contributed by atoms with Crippen LogP contribution >= 0.6 is 7.82 Å². The highest BCUT2D eigenvalue weighted by atomic mass is 31.2. The average molecular weight is 790 g/mol. The number of nitrogens with two attached hydrogens (primary N) is 1. The Bertz CT molecular complexity index is 1170. The Morgan fingerprint density at radius 1 is 0.545 bits per heavy atom. The molecule has 0 aliphatic heterocycles. The molecule has 0 spiro atoms. The molecule has 0 heterocycles. The van der Waals surface area contributed by atoms with E-state index in [0.29, 0.717) is 12.8 Å². The highest BCUT2D eigenvalue weighted by Gasteiger charge is 2.25. The third kappa shape index (κ3) is 40.7. The second-order valence-corrected chi connectivity index (χ2v) is 14.9. The van der Waals surface area contributed by atoms with Gasteiger partial charge in [-0.05, 0) is 89.9 Å². The summed E-state index contributed by atoms with van der Waals surface area (Å²) in [7, 11) is -4.40. The zero-order valence-electron chi connectivity index (χ0n) is 34.4. The minimum absolute atomic E-state index is 0.0377. The maximum absolute atomic E-state index is 12.6. The van der Waals surface area contributed by atoms with Gasteiger partial charge in [0.15, 0.2) is 6.10 Å². The van der Waals surface area contributed by atoms with Gasteiger partial charge in [0.05, 0.1) is 13.2 Å². The van der Waals surface area contributed by atoms with Crippen molar-refractivity contribution in [2.24, 2.45) is 5.73 Å². The van der Waals surface area contributed by atoms with E-state index < -0.39 is 32.5 Å². The minimum atomic E-state index is -4.40. The zero-order valence-corrected chi connectivity index (χ0v) is 35.3. The molecule has 0 bridgehead atoms. The first-order chi connectivity index (χ1) is 26.8. The van der Waals surface area contributed by atoms with E-state index in [1.165, 1.54) is 51.4 Å². The van der Waals surface area contributed by atoms with Crippen molar-refractivity contribution in [2.75, 3.05) is 26.4 Å². The van der Waals surface area contributed by atoms with E-state index >= 15 is 0 Å². The predicted molar refractivity (Wildman–Crippen MR) is 229 cm³/mol. The monoisotopic (exact) mass is 790 g/mol.